The van der Waals surface area contributed by atoms with Crippen LogP contribution >= 0.6 is 0 Å². The van der Waals surface area contributed by atoms with Gasteiger partial charge in [-0.05, 0) is 44.5 Å². The zero-order chi connectivity index (χ0) is 15.7. The Morgan fingerprint density at radius 1 is 1.14 bits per heavy atom. The molecule has 0 atom stereocenters. The van der Waals surface area contributed by atoms with E-state index in [0.29, 0.717) is 24.1 Å². The highest BCUT2D eigenvalue weighted by molar-refractivity contribution is 5.94. The maximum absolute atomic E-state index is 12.0. The highest BCUT2D eigenvalue weighted by atomic mass is 16.1. The number of hydrogen-bond acceptors (Lipinski definition) is 2. The molecule has 2 N–H and O–H groups in total. The molecule has 1 amide bonds. The number of unbranched alkanes of at least 4 members (excludes halogenated alkanes) is 1. The fourth-order valence-corrected chi connectivity index (χ4v) is 1.81. The molecule has 1 rings (SSSR count). The number of anilines is 1. The van der Waals surface area contributed by atoms with Crippen LogP contribution in [0.25, 0.3) is 0 Å². The number of carbonyl (C=O) groups excluding carboxylic acids is 1. The second-order valence-electron chi connectivity index (χ2n) is 5.71. The van der Waals surface area contributed by atoms with Crippen LogP contribution in [0.15, 0.2) is 24.3 Å². The average molecular weight is 286 g/mol. The second kappa shape index (κ2) is 9.07. The molecule has 0 aliphatic heterocycles. The molecule has 0 aliphatic rings. The third-order valence-electron chi connectivity index (χ3n) is 2.76. The average Bonchev–Trinajstić information content (AvgIpc) is 2.42. The molecule has 0 radical (unpaired) electrons. The summed E-state index contributed by atoms with van der Waals surface area (Å²) in [6, 6.07) is 7.94. The van der Waals surface area contributed by atoms with E-state index in [9.17, 15) is 4.79 Å². The lowest BCUT2D eigenvalue weighted by Gasteiger charge is -2.10. The molecule has 114 valence electrons. The monoisotopic (exact) mass is 286 g/mol. The first kappa shape index (κ1) is 17.1. The zero-order valence-electron chi connectivity index (χ0n) is 13.5. The summed E-state index contributed by atoms with van der Waals surface area (Å²) in [6.07, 6.45) is 1.72. The van der Waals surface area contributed by atoms with E-state index in [2.05, 4.69) is 50.2 Å². The maximum Gasteiger partial charge on any atom is 0.251 e. The van der Waals surface area contributed by atoms with Crippen LogP contribution in [0, 0.1) is 17.8 Å². The number of rotatable bonds is 6. The van der Waals surface area contributed by atoms with Gasteiger partial charge in [-0.2, -0.15) is 0 Å². The van der Waals surface area contributed by atoms with Crippen LogP contribution in [-0.4, -0.2) is 18.5 Å². The summed E-state index contributed by atoms with van der Waals surface area (Å²) < 4.78 is 0. The largest absolute Gasteiger partial charge is 0.383 e. The molecule has 0 aromatic heterocycles. The normalized spacial score (nSPS) is 10.2. The molecular formula is C18H26N2O. The molecule has 0 saturated heterocycles. The van der Waals surface area contributed by atoms with E-state index in [0.717, 1.165) is 18.5 Å². The maximum atomic E-state index is 12.0. The smallest absolute Gasteiger partial charge is 0.251 e. The van der Waals surface area contributed by atoms with E-state index in [1.54, 1.807) is 0 Å². The highest BCUT2D eigenvalue weighted by Crippen LogP contribution is 2.10. The van der Waals surface area contributed by atoms with Crippen molar-refractivity contribution in [2.75, 3.05) is 11.9 Å². The molecule has 1 aromatic carbocycles. The van der Waals surface area contributed by atoms with Crippen molar-refractivity contribution in [2.24, 2.45) is 5.92 Å². The van der Waals surface area contributed by atoms with Crippen LogP contribution < -0.4 is 10.6 Å². The van der Waals surface area contributed by atoms with Crippen LogP contribution in [0.1, 0.15) is 50.9 Å². The highest BCUT2D eigenvalue weighted by Gasteiger charge is 2.04. The topological polar surface area (TPSA) is 41.1 Å². The van der Waals surface area contributed by atoms with Gasteiger partial charge in [0.15, 0.2) is 0 Å². The molecule has 0 spiro atoms. The molecule has 1 aromatic rings. The van der Waals surface area contributed by atoms with Gasteiger partial charge in [-0.3, -0.25) is 4.79 Å². The Morgan fingerprint density at radius 2 is 1.81 bits per heavy atom. The molecule has 0 fully saturated rings. The van der Waals surface area contributed by atoms with Crippen LogP contribution in [-0.2, 0) is 0 Å². The van der Waals surface area contributed by atoms with Crippen LogP contribution in [0.5, 0.6) is 0 Å². The van der Waals surface area contributed by atoms with Gasteiger partial charge in [-0.15, -0.1) is 11.8 Å². The number of hydrogen-bond donors (Lipinski definition) is 2. The third kappa shape index (κ3) is 7.41. The molecule has 21 heavy (non-hydrogen) atoms. The fourth-order valence-electron chi connectivity index (χ4n) is 1.81. The van der Waals surface area contributed by atoms with Gasteiger partial charge in [-0.1, -0.05) is 13.8 Å². The minimum absolute atomic E-state index is 0.0251. The minimum atomic E-state index is -0.0251. The lowest BCUT2D eigenvalue weighted by Crippen LogP contribution is -2.24. The first-order valence-corrected chi connectivity index (χ1v) is 7.62. The van der Waals surface area contributed by atoms with Crippen molar-refractivity contribution in [3.63, 3.8) is 0 Å². The Bertz CT molecular complexity index is 492. The summed E-state index contributed by atoms with van der Waals surface area (Å²) in [4.78, 5) is 12.0. The fraction of sp³-hybridized carbons (Fsp3) is 0.500. The van der Waals surface area contributed by atoms with Crippen molar-refractivity contribution in [3.8, 4) is 11.8 Å². The summed E-state index contributed by atoms with van der Waals surface area (Å²) in [5.41, 5.74) is 1.73. The van der Waals surface area contributed by atoms with Crippen LogP contribution in [0.4, 0.5) is 5.69 Å². The quantitative estimate of drug-likeness (QED) is 0.619. The predicted octanol–water partition coefficient (Wildman–Crippen LogP) is 3.68. The molecule has 3 nitrogen and oxygen atoms in total. The number of carbonyl (C=O) groups is 1. The van der Waals surface area contributed by atoms with E-state index in [1.807, 2.05) is 24.3 Å². The minimum Gasteiger partial charge on any atom is -0.383 e. The Kier molecular flexibility index (Phi) is 7.39. The first-order valence-electron chi connectivity index (χ1n) is 7.62. The number of nitrogens with one attached hydrogen (secondary N) is 2. The SMILES string of the molecule is CC(C)C#CCCCNC(=O)c1ccc(NC(C)C)cc1. The summed E-state index contributed by atoms with van der Waals surface area (Å²) in [7, 11) is 0. The number of amides is 1. The molecule has 0 saturated carbocycles. The Labute approximate surface area is 128 Å². The Hall–Kier alpha value is -1.95. The molecule has 0 heterocycles. The van der Waals surface area contributed by atoms with Gasteiger partial charge in [0.1, 0.15) is 0 Å². The Morgan fingerprint density at radius 3 is 2.38 bits per heavy atom. The van der Waals surface area contributed by atoms with Crippen molar-refractivity contribution < 1.29 is 4.79 Å². The summed E-state index contributed by atoms with van der Waals surface area (Å²) in [5, 5.41) is 6.22. The molecule has 0 unspecified atom stereocenters. The van der Waals surface area contributed by atoms with Gasteiger partial charge in [0.05, 0.1) is 0 Å². The van der Waals surface area contributed by atoms with Crippen molar-refractivity contribution in [1.82, 2.24) is 5.32 Å². The zero-order valence-corrected chi connectivity index (χ0v) is 13.5. The lowest BCUT2D eigenvalue weighted by molar-refractivity contribution is 0.0953. The molecule has 0 bridgehead atoms. The van der Waals surface area contributed by atoms with Gasteiger partial charge < -0.3 is 10.6 Å². The molecule has 3 heteroatoms. The van der Waals surface area contributed by atoms with Crippen molar-refractivity contribution in [1.29, 1.82) is 0 Å². The predicted molar refractivity (Wildman–Crippen MR) is 89.4 cm³/mol. The summed E-state index contributed by atoms with van der Waals surface area (Å²) >= 11 is 0. The molecule has 0 aliphatic carbocycles. The van der Waals surface area contributed by atoms with Gasteiger partial charge in [0.25, 0.3) is 5.91 Å². The molecular weight excluding hydrogens is 260 g/mol. The summed E-state index contributed by atoms with van der Waals surface area (Å²) in [5.74, 6) is 6.62. The third-order valence-corrected chi connectivity index (χ3v) is 2.76. The Balaban J connectivity index is 2.34. The van der Waals surface area contributed by atoms with Gasteiger partial charge in [0, 0.05) is 36.2 Å². The van der Waals surface area contributed by atoms with Gasteiger partial charge in [0.2, 0.25) is 0 Å². The van der Waals surface area contributed by atoms with E-state index in [4.69, 9.17) is 0 Å². The summed E-state index contributed by atoms with van der Waals surface area (Å²) in [6.45, 7) is 8.99. The van der Waals surface area contributed by atoms with Crippen molar-refractivity contribution in [3.05, 3.63) is 29.8 Å². The van der Waals surface area contributed by atoms with Crippen molar-refractivity contribution >= 4 is 11.6 Å². The first-order chi connectivity index (χ1) is 9.99. The number of benzene rings is 1. The van der Waals surface area contributed by atoms with E-state index in [-0.39, 0.29) is 5.91 Å². The van der Waals surface area contributed by atoms with E-state index in [1.165, 1.54) is 0 Å². The van der Waals surface area contributed by atoms with Gasteiger partial charge in [-0.25, -0.2) is 0 Å². The standard InChI is InChI=1S/C18H26N2O/c1-14(2)8-6-5-7-13-19-18(21)16-9-11-17(12-10-16)20-15(3)4/h9-12,14-15,20H,5,7,13H2,1-4H3,(H,19,21). The van der Waals surface area contributed by atoms with E-state index >= 15 is 0 Å². The second-order valence-corrected chi connectivity index (χ2v) is 5.71. The van der Waals surface area contributed by atoms with Gasteiger partial charge >= 0.3 is 0 Å². The van der Waals surface area contributed by atoms with Crippen molar-refractivity contribution in [2.45, 2.75) is 46.6 Å². The lowest BCUT2D eigenvalue weighted by atomic mass is 10.2. The van der Waals surface area contributed by atoms with E-state index < -0.39 is 0 Å². The van der Waals surface area contributed by atoms with Crippen LogP contribution in [0.3, 0.4) is 0 Å². The van der Waals surface area contributed by atoms with Crippen LogP contribution in [0.2, 0.25) is 0 Å².